The Morgan fingerprint density at radius 3 is 2.42 bits per heavy atom. The first-order valence-electron chi connectivity index (χ1n) is 9.77. The lowest BCUT2D eigenvalue weighted by Crippen LogP contribution is -2.27. The first-order valence-corrected chi connectivity index (χ1v) is 10.2. The standard InChI is InChI=1S/C19H28ClN5O/c1-19(2,3)24-15-14-17(23-18(20)22-15)25(13-10-6-7-11-26-13)16(21-14)12-8-4-5-9-12/h12-13H,4-11H2,1-3H3,(H,22,23,24). The van der Waals surface area contributed by atoms with Crippen molar-refractivity contribution in [3.8, 4) is 0 Å². The van der Waals surface area contributed by atoms with E-state index in [0.29, 0.717) is 11.7 Å². The van der Waals surface area contributed by atoms with Crippen LogP contribution in [0.2, 0.25) is 5.28 Å². The molecule has 2 aliphatic rings. The van der Waals surface area contributed by atoms with Crippen LogP contribution in [0.1, 0.15) is 83.7 Å². The average molecular weight is 378 g/mol. The summed E-state index contributed by atoms with van der Waals surface area (Å²) >= 11 is 6.29. The second-order valence-corrected chi connectivity index (χ2v) is 8.87. The average Bonchev–Trinajstić information content (AvgIpc) is 3.21. The van der Waals surface area contributed by atoms with Crippen molar-refractivity contribution >= 4 is 28.6 Å². The van der Waals surface area contributed by atoms with E-state index in [-0.39, 0.29) is 17.1 Å². The zero-order chi connectivity index (χ0) is 18.3. The second kappa shape index (κ2) is 6.97. The molecule has 2 aromatic heterocycles. The molecule has 2 aromatic rings. The first-order chi connectivity index (χ1) is 12.4. The molecule has 1 aliphatic carbocycles. The number of nitrogens with zero attached hydrogens (tertiary/aromatic N) is 4. The summed E-state index contributed by atoms with van der Waals surface area (Å²) in [5, 5.41) is 3.70. The first kappa shape index (κ1) is 18.0. The largest absolute Gasteiger partial charge is 0.363 e. The molecule has 0 bridgehead atoms. The Hall–Kier alpha value is -1.40. The molecule has 26 heavy (non-hydrogen) atoms. The van der Waals surface area contributed by atoms with Crippen LogP contribution in [0.15, 0.2) is 0 Å². The molecule has 0 aromatic carbocycles. The molecule has 142 valence electrons. The predicted octanol–water partition coefficient (Wildman–Crippen LogP) is 5.05. The Balaban J connectivity index is 1.88. The Morgan fingerprint density at radius 2 is 1.77 bits per heavy atom. The Morgan fingerprint density at radius 1 is 1.04 bits per heavy atom. The van der Waals surface area contributed by atoms with Gasteiger partial charge in [0.1, 0.15) is 12.1 Å². The Labute approximate surface area is 159 Å². The summed E-state index contributed by atoms with van der Waals surface area (Å²) < 4.78 is 8.32. The summed E-state index contributed by atoms with van der Waals surface area (Å²) in [5.41, 5.74) is 1.47. The molecular formula is C19H28ClN5O. The van der Waals surface area contributed by atoms with E-state index in [0.717, 1.165) is 36.4 Å². The maximum absolute atomic E-state index is 6.29. The number of anilines is 1. The molecule has 2 fully saturated rings. The predicted molar refractivity (Wildman–Crippen MR) is 104 cm³/mol. The van der Waals surface area contributed by atoms with Crippen molar-refractivity contribution in [3.05, 3.63) is 11.1 Å². The molecule has 7 heteroatoms. The Kier molecular flexibility index (Phi) is 4.82. The van der Waals surface area contributed by atoms with Crippen LogP contribution in [0, 0.1) is 0 Å². The third-order valence-electron chi connectivity index (χ3n) is 5.20. The minimum absolute atomic E-state index is 0.00203. The molecule has 1 saturated carbocycles. The van der Waals surface area contributed by atoms with Gasteiger partial charge in [0, 0.05) is 18.1 Å². The normalized spacial score (nSPS) is 22.2. The van der Waals surface area contributed by atoms with Gasteiger partial charge in [-0.3, -0.25) is 4.57 Å². The van der Waals surface area contributed by atoms with E-state index in [4.69, 9.17) is 21.3 Å². The fraction of sp³-hybridized carbons (Fsp3) is 0.737. The molecular weight excluding hydrogens is 350 g/mol. The summed E-state index contributed by atoms with van der Waals surface area (Å²) in [6, 6.07) is 0. The van der Waals surface area contributed by atoms with Crippen molar-refractivity contribution < 1.29 is 4.74 Å². The van der Waals surface area contributed by atoms with Crippen LogP contribution in [-0.2, 0) is 4.74 Å². The van der Waals surface area contributed by atoms with Gasteiger partial charge < -0.3 is 10.1 Å². The minimum Gasteiger partial charge on any atom is -0.363 e. The number of hydrogen-bond acceptors (Lipinski definition) is 5. The lowest BCUT2D eigenvalue weighted by Gasteiger charge is -2.27. The van der Waals surface area contributed by atoms with Crippen LogP contribution in [0.25, 0.3) is 11.2 Å². The van der Waals surface area contributed by atoms with Gasteiger partial charge in [-0.2, -0.15) is 9.97 Å². The van der Waals surface area contributed by atoms with Gasteiger partial charge in [0.15, 0.2) is 17.0 Å². The van der Waals surface area contributed by atoms with Crippen LogP contribution in [0.5, 0.6) is 0 Å². The molecule has 0 amide bonds. The molecule has 6 nitrogen and oxygen atoms in total. The van der Waals surface area contributed by atoms with Crippen molar-refractivity contribution in [2.75, 3.05) is 11.9 Å². The molecule has 3 heterocycles. The third kappa shape index (κ3) is 3.54. The van der Waals surface area contributed by atoms with Crippen molar-refractivity contribution in [2.24, 2.45) is 0 Å². The number of aromatic nitrogens is 4. The highest BCUT2D eigenvalue weighted by Gasteiger charge is 2.31. The summed E-state index contributed by atoms with van der Waals surface area (Å²) in [5.74, 6) is 2.27. The topological polar surface area (TPSA) is 64.9 Å². The second-order valence-electron chi connectivity index (χ2n) is 8.53. The van der Waals surface area contributed by atoms with Gasteiger partial charge in [0.2, 0.25) is 5.28 Å². The number of ether oxygens (including phenoxy) is 1. The van der Waals surface area contributed by atoms with Crippen LogP contribution in [0.4, 0.5) is 5.82 Å². The van der Waals surface area contributed by atoms with E-state index in [9.17, 15) is 0 Å². The number of imidazole rings is 1. The van der Waals surface area contributed by atoms with E-state index in [1.54, 1.807) is 0 Å². The van der Waals surface area contributed by atoms with Gasteiger partial charge in [-0.05, 0) is 64.5 Å². The van der Waals surface area contributed by atoms with Crippen molar-refractivity contribution in [1.82, 2.24) is 19.5 Å². The molecule has 0 radical (unpaired) electrons. The molecule has 4 rings (SSSR count). The lowest BCUT2D eigenvalue weighted by molar-refractivity contribution is -0.0318. The zero-order valence-electron chi connectivity index (χ0n) is 15.9. The zero-order valence-corrected chi connectivity index (χ0v) is 16.6. The van der Waals surface area contributed by atoms with Gasteiger partial charge in [0.05, 0.1) is 0 Å². The number of rotatable bonds is 3. The number of nitrogens with one attached hydrogen (secondary N) is 1. The monoisotopic (exact) mass is 377 g/mol. The van der Waals surface area contributed by atoms with Crippen molar-refractivity contribution in [3.63, 3.8) is 0 Å². The van der Waals surface area contributed by atoms with E-state index >= 15 is 0 Å². The van der Waals surface area contributed by atoms with Crippen LogP contribution in [0.3, 0.4) is 0 Å². The van der Waals surface area contributed by atoms with Crippen molar-refractivity contribution in [1.29, 1.82) is 0 Å². The quantitative estimate of drug-likeness (QED) is 0.758. The van der Waals surface area contributed by atoms with E-state index in [1.165, 1.54) is 32.1 Å². The van der Waals surface area contributed by atoms with E-state index in [1.807, 2.05) is 0 Å². The van der Waals surface area contributed by atoms with Gasteiger partial charge in [0.25, 0.3) is 0 Å². The number of hydrogen-bond donors (Lipinski definition) is 1. The third-order valence-corrected chi connectivity index (χ3v) is 5.37. The molecule has 1 N–H and O–H groups in total. The summed E-state index contributed by atoms with van der Waals surface area (Å²) in [4.78, 5) is 14.0. The molecule has 1 unspecified atom stereocenters. The van der Waals surface area contributed by atoms with Gasteiger partial charge in [-0.25, -0.2) is 4.98 Å². The number of halogens is 1. The SMILES string of the molecule is CC(C)(C)Nc1nc(Cl)nc2c1nc(C1CCCC1)n2C1CCCCO1. The summed E-state index contributed by atoms with van der Waals surface area (Å²) in [6.07, 6.45) is 8.16. The van der Waals surface area contributed by atoms with Gasteiger partial charge in [-0.1, -0.05) is 12.8 Å². The van der Waals surface area contributed by atoms with E-state index < -0.39 is 0 Å². The van der Waals surface area contributed by atoms with Crippen LogP contribution >= 0.6 is 11.6 Å². The summed E-state index contributed by atoms with van der Waals surface area (Å²) in [7, 11) is 0. The highest BCUT2D eigenvalue weighted by atomic mass is 35.5. The minimum atomic E-state index is -0.136. The highest BCUT2D eigenvalue weighted by Crippen LogP contribution is 2.39. The molecule has 0 spiro atoms. The maximum atomic E-state index is 6.29. The van der Waals surface area contributed by atoms with E-state index in [2.05, 4.69) is 40.6 Å². The van der Waals surface area contributed by atoms with Crippen LogP contribution < -0.4 is 5.32 Å². The van der Waals surface area contributed by atoms with Gasteiger partial charge in [-0.15, -0.1) is 0 Å². The molecule has 1 atom stereocenters. The molecule has 1 saturated heterocycles. The lowest BCUT2D eigenvalue weighted by atomic mass is 10.1. The Bertz CT molecular complexity index is 785. The maximum Gasteiger partial charge on any atom is 0.226 e. The van der Waals surface area contributed by atoms with Gasteiger partial charge >= 0.3 is 0 Å². The summed E-state index contributed by atoms with van der Waals surface area (Å²) in [6.45, 7) is 7.11. The fourth-order valence-electron chi connectivity index (χ4n) is 4.09. The fourth-order valence-corrected chi connectivity index (χ4v) is 4.25. The van der Waals surface area contributed by atoms with Crippen molar-refractivity contribution in [2.45, 2.75) is 83.4 Å². The number of fused-ring (bicyclic) bond motifs is 1. The molecule has 1 aliphatic heterocycles. The smallest absolute Gasteiger partial charge is 0.226 e. The van der Waals surface area contributed by atoms with Crippen LogP contribution in [-0.4, -0.2) is 31.7 Å². The highest BCUT2D eigenvalue weighted by molar-refractivity contribution is 6.28.